The second-order valence-electron chi connectivity index (χ2n) is 5.99. The summed E-state index contributed by atoms with van der Waals surface area (Å²) < 4.78 is 6.40. The number of aryl methyl sites for hydroxylation is 1. The van der Waals surface area contributed by atoms with Gasteiger partial charge in [-0.1, -0.05) is 18.2 Å². The Balaban J connectivity index is 1.78. The first kappa shape index (κ1) is 16.0. The standard InChI is InChI=1S/C17H20N2O3S/c1-11-12-4-2-3-5-13(12)23-14(11)15(20)19-10-17(16(18)21)6-8-22-9-7-17/h2-5H,6-10H2,1H3,(H2,18,21)(H,19,20). The molecule has 2 amide bonds. The van der Waals surface area contributed by atoms with E-state index < -0.39 is 5.41 Å². The van der Waals surface area contributed by atoms with Crippen molar-refractivity contribution >= 4 is 33.2 Å². The maximum atomic E-state index is 12.6. The van der Waals surface area contributed by atoms with E-state index >= 15 is 0 Å². The number of rotatable bonds is 4. The first-order chi connectivity index (χ1) is 11.0. The number of nitrogens with two attached hydrogens (primary N) is 1. The maximum absolute atomic E-state index is 12.6. The van der Waals surface area contributed by atoms with E-state index in [0.29, 0.717) is 30.9 Å². The van der Waals surface area contributed by atoms with Gasteiger partial charge < -0.3 is 15.8 Å². The highest BCUT2D eigenvalue weighted by atomic mass is 32.1. The van der Waals surface area contributed by atoms with Gasteiger partial charge in [-0.3, -0.25) is 9.59 Å². The van der Waals surface area contributed by atoms with Crippen molar-refractivity contribution in [2.45, 2.75) is 19.8 Å². The fourth-order valence-electron chi connectivity index (χ4n) is 2.99. The molecule has 6 heteroatoms. The van der Waals surface area contributed by atoms with Crippen LogP contribution in [0, 0.1) is 12.3 Å². The lowest BCUT2D eigenvalue weighted by atomic mass is 9.79. The summed E-state index contributed by atoms with van der Waals surface area (Å²) in [5.41, 5.74) is 5.85. The third kappa shape index (κ3) is 2.96. The van der Waals surface area contributed by atoms with E-state index in [1.807, 2.05) is 31.2 Å². The number of hydrogen-bond acceptors (Lipinski definition) is 4. The van der Waals surface area contributed by atoms with Gasteiger partial charge in [-0.05, 0) is 36.8 Å². The highest BCUT2D eigenvalue weighted by molar-refractivity contribution is 7.21. The Morgan fingerprint density at radius 3 is 2.65 bits per heavy atom. The molecule has 0 radical (unpaired) electrons. The van der Waals surface area contributed by atoms with Crippen LogP contribution < -0.4 is 11.1 Å². The summed E-state index contributed by atoms with van der Waals surface area (Å²) in [6.07, 6.45) is 1.10. The molecule has 1 aromatic heterocycles. The number of primary amides is 1. The molecule has 23 heavy (non-hydrogen) atoms. The highest BCUT2D eigenvalue weighted by Crippen LogP contribution is 2.32. The quantitative estimate of drug-likeness (QED) is 0.901. The van der Waals surface area contributed by atoms with Crippen LogP contribution in [0.25, 0.3) is 10.1 Å². The minimum atomic E-state index is -0.696. The molecule has 1 aliphatic heterocycles. The number of carbonyl (C=O) groups is 2. The van der Waals surface area contributed by atoms with Crippen LogP contribution in [0.5, 0.6) is 0 Å². The molecule has 0 aliphatic carbocycles. The van der Waals surface area contributed by atoms with Gasteiger partial charge in [0.05, 0.1) is 10.3 Å². The molecular weight excluding hydrogens is 312 g/mol. The molecule has 3 rings (SSSR count). The Hall–Kier alpha value is -1.92. The third-order valence-corrected chi connectivity index (χ3v) is 5.88. The van der Waals surface area contributed by atoms with Gasteiger partial charge in [0.25, 0.3) is 5.91 Å². The van der Waals surface area contributed by atoms with Crippen LogP contribution in [0.3, 0.4) is 0 Å². The average molecular weight is 332 g/mol. The molecule has 0 saturated carbocycles. The zero-order chi connectivity index (χ0) is 16.4. The monoisotopic (exact) mass is 332 g/mol. The Morgan fingerprint density at radius 1 is 1.30 bits per heavy atom. The van der Waals surface area contributed by atoms with E-state index in [4.69, 9.17) is 10.5 Å². The van der Waals surface area contributed by atoms with Gasteiger partial charge in [0.15, 0.2) is 0 Å². The summed E-state index contributed by atoms with van der Waals surface area (Å²) in [5.74, 6) is -0.509. The molecule has 0 atom stereocenters. The van der Waals surface area contributed by atoms with Crippen molar-refractivity contribution in [2.24, 2.45) is 11.1 Å². The van der Waals surface area contributed by atoms with Crippen molar-refractivity contribution in [3.05, 3.63) is 34.7 Å². The summed E-state index contributed by atoms with van der Waals surface area (Å²) in [5, 5.41) is 4.00. The predicted molar refractivity (Wildman–Crippen MR) is 90.6 cm³/mol. The fraction of sp³-hybridized carbons (Fsp3) is 0.412. The van der Waals surface area contributed by atoms with Crippen LogP contribution >= 0.6 is 11.3 Å². The first-order valence-electron chi connectivity index (χ1n) is 7.67. The molecular formula is C17H20N2O3S. The summed E-state index contributed by atoms with van der Waals surface area (Å²) in [7, 11) is 0. The molecule has 1 saturated heterocycles. The molecule has 1 aliphatic rings. The van der Waals surface area contributed by atoms with E-state index in [0.717, 1.165) is 15.6 Å². The average Bonchev–Trinajstić information content (AvgIpc) is 2.91. The van der Waals surface area contributed by atoms with E-state index in [2.05, 4.69) is 5.32 Å². The summed E-state index contributed by atoms with van der Waals surface area (Å²) in [4.78, 5) is 25.1. The lowest BCUT2D eigenvalue weighted by Gasteiger charge is -2.34. The minimum Gasteiger partial charge on any atom is -0.381 e. The molecule has 0 bridgehead atoms. The summed E-state index contributed by atoms with van der Waals surface area (Å²) in [6.45, 7) is 3.21. The largest absolute Gasteiger partial charge is 0.381 e. The second-order valence-corrected chi connectivity index (χ2v) is 7.04. The number of benzene rings is 1. The Kier molecular flexibility index (Phi) is 4.37. The smallest absolute Gasteiger partial charge is 0.261 e. The van der Waals surface area contributed by atoms with Gasteiger partial charge in [-0.2, -0.15) is 0 Å². The van der Waals surface area contributed by atoms with Crippen LogP contribution in [-0.2, 0) is 9.53 Å². The number of carbonyl (C=O) groups excluding carboxylic acids is 2. The minimum absolute atomic E-state index is 0.143. The van der Waals surface area contributed by atoms with Gasteiger partial charge in [-0.15, -0.1) is 11.3 Å². The van der Waals surface area contributed by atoms with E-state index in [1.165, 1.54) is 11.3 Å². The van der Waals surface area contributed by atoms with Gasteiger partial charge in [0, 0.05) is 24.5 Å². The Labute approximate surface area is 138 Å². The lowest BCUT2D eigenvalue weighted by Crippen LogP contribution is -2.49. The van der Waals surface area contributed by atoms with Crippen molar-refractivity contribution in [3.63, 3.8) is 0 Å². The molecule has 0 spiro atoms. The summed E-state index contributed by atoms with van der Waals surface area (Å²) in [6, 6.07) is 7.95. The van der Waals surface area contributed by atoms with Crippen LogP contribution in [0.2, 0.25) is 0 Å². The van der Waals surface area contributed by atoms with E-state index in [-0.39, 0.29) is 18.4 Å². The molecule has 2 aromatic rings. The Morgan fingerprint density at radius 2 is 2.00 bits per heavy atom. The normalized spacial score (nSPS) is 17.1. The SMILES string of the molecule is Cc1c(C(=O)NCC2(C(N)=O)CCOCC2)sc2ccccc12. The Bertz CT molecular complexity index is 747. The molecule has 122 valence electrons. The molecule has 5 nitrogen and oxygen atoms in total. The van der Waals surface area contributed by atoms with Gasteiger partial charge in [0.1, 0.15) is 0 Å². The topological polar surface area (TPSA) is 81.4 Å². The number of thiophene rings is 1. The highest BCUT2D eigenvalue weighted by Gasteiger charge is 2.38. The van der Waals surface area contributed by atoms with Crippen molar-refractivity contribution in [3.8, 4) is 0 Å². The van der Waals surface area contributed by atoms with Crippen LogP contribution in [-0.4, -0.2) is 31.6 Å². The summed E-state index contributed by atoms with van der Waals surface area (Å²) >= 11 is 1.47. The van der Waals surface area contributed by atoms with Crippen LogP contribution in [0.4, 0.5) is 0 Å². The predicted octanol–water partition coefficient (Wildman–Crippen LogP) is 2.22. The maximum Gasteiger partial charge on any atom is 0.261 e. The number of fused-ring (bicyclic) bond motifs is 1. The van der Waals surface area contributed by atoms with Crippen molar-refractivity contribution in [1.29, 1.82) is 0 Å². The van der Waals surface area contributed by atoms with Crippen molar-refractivity contribution in [1.82, 2.24) is 5.32 Å². The molecule has 0 unspecified atom stereocenters. The van der Waals surface area contributed by atoms with Crippen LogP contribution in [0.1, 0.15) is 28.1 Å². The fourth-order valence-corrected chi connectivity index (χ4v) is 4.12. The van der Waals surface area contributed by atoms with Crippen molar-refractivity contribution in [2.75, 3.05) is 19.8 Å². The molecule has 1 fully saturated rings. The molecule has 1 aromatic carbocycles. The number of ether oxygens (including phenoxy) is 1. The van der Waals surface area contributed by atoms with Gasteiger partial charge in [-0.25, -0.2) is 0 Å². The lowest BCUT2D eigenvalue weighted by molar-refractivity contribution is -0.132. The third-order valence-electron chi connectivity index (χ3n) is 4.61. The molecule has 2 heterocycles. The first-order valence-corrected chi connectivity index (χ1v) is 8.49. The van der Waals surface area contributed by atoms with Gasteiger partial charge in [0.2, 0.25) is 5.91 Å². The van der Waals surface area contributed by atoms with E-state index in [9.17, 15) is 9.59 Å². The molecule has 3 N–H and O–H groups in total. The number of nitrogens with one attached hydrogen (secondary N) is 1. The van der Waals surface area contributed by atoms with Crippen molar-refractivity contribution < 1.29 is 14.3 Å². The zero-order valence-corrected chi connectivity index (χ0v) is 13.9. The zero-order valence-electron chi connectivity index (χ0n) is 13.1. The number of amides is 2. The van der Waals surface area contributed by atoms with Crippen LogP contribution in [0.15, 0.2) is 24.3 Å². The van der Waals surface area contributed by atoms with E-state index in [1.54, 1.807) is 0 Å². The number of hydrogen-bond donors (Lipinski definition) is 2. The van der Waals surface area contributed by atoms with Gasteiger partial charge >= 0.3 is 0 Å². The second kappa shape index (κ2) is 6.29.